The number of hydrogen-bond acceptors (Lipinski definition) is 22. The molecular formula is C89H119BrN12O17. The van der Waals surface area contributed by atoms with E-state index in [-0.39, 0.29) is 59.5 Å². The molecule has 11 rings (SSSR count). The summed E-state index contributed by atoms with van der Waals surface area (Å²) in [6.45, 7) is 14.2. The Balaban J connectivity index is 0.000000358. The summed E-state index contributed by atoms with van der Waals surface area (Å²) in [7, 11) is 4.26. The van der Waals surface area contributed by atoms with Gasteiger partial charge in [-0.2, -0.15) is 15.8 Å². The van der Waals surface area contributed by atoms with Crippen LogP contribution in [-0.2, 0) is 57.4 Å². The Hall–Kier alpha value is -11.2. The van der Waals surface area contributed by atoms with Crippen LogP contribution in [0.1, 0.15) is 256 Å². The van der Waals surface area contributed by atoms with Crippen LogP contribution < -0.4 is 16.4 Å². The van der Waals surface area contributed by atoms with E-state index in [1.165, 1.54) is 34.0 Å². The molecule has 3 aliphatic heterocycles. The molecule has 6 aliphatic carbocycles. The Morgan fingerprint density at radius 2 is 0.916 bits per heavy atom. The van der Waals surface area contributed by atoms with Crippen molar-refractivity contribution < 1.29 is 81.3 Å². The lowest BCUT2D eigenvalue weighted by Gasteiger charge is -2.42. The first-order valence-corrected chi connectivity index (χ1v) is 41.9. The minimum absolute atomic E-state index is 0.00116. The van der Waals surface area contributed by atoms with Gasteiger partial charge in [0.05, 0.1) is 43.8 Å². The number of nitrogens with one attached hydrogen (secondary N) is 4. The first-order valence-electron chi connectivity index (χ1n) is 40.8. The van der Waals surface area contributed by atoms with Crippen molar-refractivity contribution in [3.8, 4) is 18.2 Å². The van der Waals surface area contributed by atoms with Crippen LogP contribution in [0.4, 0.5) is 14.4 Å². The fraction of sp³-hybridized carbons (Fsp3) is 0.539. The summed E-state index contributed by atoms with van der Waals surface area (Å²) in [4.78, 5) is 167. The molecule has 2 aromatic carbocycles. The van der Waals surface area contributed by atoms with Gasteiger partial charge in [0, 0.05) is 51.5 Å². The second kappa shape index (κ2) is 51.9. The molecule has 0 bridgehead atoms. The number of amidine groups is 2. The van der Waals surface area contributed by atoms with E-state index in [9.17, 15) is 67.1 Å². The number of urea groups is 3. The number of primary amides is 1. The first kappa shape index (κ1) is 102. The molecule has 644 valence electrons. The lowest BCUT2D eigenvalue weighted by molar-refractivity contribution is -0.154. The summed E-state index contributed by atoms with van der Waals surface area (Å²) in [6.07, 6.45) is 34.0. The third-order valence-electron chi connectivity index (χ3n) is 21.4. The lowest BCUT2D eigenvalue weighted by Crippen LogP contribution is -2.64. The number of ketones is 3. The van der Waals surface area contributed by atoms with Crippen LogP contribution in [0.25, 0.3) is 0 Å². The van der Waals surface area contributed by atoms with Gasteiger partial charge in [-0.25, -0.2) is 24.0 Å². The maximum absolute atomic E-state index is 13.1. The summed E-state index contributed by atoms with van der Waals surface area (Å²) >= 11 is 3.10. The highest BCUT2D eigenvalue weighted by Crippen LogP contribution is 2.43. The molecule has 9 aliphatic rings. The molecule has 11 amide bonds. The maximum Gasteiger partial charge on any atom is 0.348 e. The number of halogens is 1. The van der Waals surface area contributed by atoms with Crippen LogP contribution in [0.15, 0.2) is 118 Å². The van der Waals surface area contributed by atoms with Gasteiger partial charge in [-0.15, -0.1) is 0 Å². The number of rotatable bonds is 16. The number of carbonyl (C=O) groups is 14. The molecule has 0 spiro atoms. The molecule has 0 aromatic heterocycles. The third kappa shape index (κ3) is 29.4. The largest absolute Gasteiger partial charge is 0.465 e. The minimum atomic E-state index is -1.42. The van der Waals surface area contributed by atoms with Crippen molar-refractivity contribution in [1.29, 1.82) is 26.6 Å². The number of nitrogens with zero attached hydrogens (tertiary/aromatic N) is 7. The lowest BCUT2D eigenvalue weighted by atomic mass is 9.73. The van der Waals surface area contributed by atoms with Gasteiger partial charge in [0.2, 0.25) is 23.6 Å². The summed E-state index contributed by atoms with van der Waals surface area (Å²) in [6, 6.07) is 21.7. The van der Waals surface area contributed by atoms with Crippen molar-refractivity contribution in [2.45, 2.75) is 235 Å². The zero-order valence-corrected chi connectivity index (χ0v) is 72.5. The van der Waals surface area contributed by atoms with Gasteiger partial charge < -0.3 is 19.9 Å². The van der Waals surface area contributed by atoms with E-state index in [1.807, 2.05) is 60.7 Å². The zero-order chi connectivity index (χ0) is 89.1. The van der Waals surface area contributed by atoms with E-state index in [1.54, 1.807) is 91.8 Å². The number of Topliss-reactive ketones (excluding diaryl/α,β-unsaturated/α-hetero) is 3. The summed E-state index contributed by atoms with van der Waals surface area (Å²) in [5.74, 6) is -3.06. The van der Waals surface area contributed by atoms with Gasteiger partial charge >= 0.3 is 36.0 Å². The maximum atomic E-state index is 13.1. The molecule has 29 nitrogen and oxygen atoms in total. The Bertz CT molecular complexity index is 4190. The van der Waals surface area contributed by atoms with Crippen LogP contribution in [0, 0.1) is 66.5 Å². The molecule has 3 heterocycles. The topological polar surface area (TPSA) is 449 Å². The van der Waals surface area contributed by atoms with E-state index in [4.69, 9.17) is 36.1 Å². The number of carbonyl (C=O) groups excluding carboxylic acids is 14. The molecule has 6 N–H and O–H groups in total. The minimum Gasteiger partial charge on any atom is -0.465 e. The molecule has 3 saturated heterocycles. The summed E-state index contributed by atoms with van der Waals surface area (Å²) in [5, 5.41) is 47.1. The molecular weight excluding hydrogens is 1590 g/mol. The SMILES string of the molecule is CCC(N)=O.CCOC(=O)C(C#N)=C1CCCCC1.CCOC(=O)C(C)(C#N)C1=CCCCC1.CCOC(=O)CC#N.CN1C(=O)N(CC(=O)c2ccccc2)C(=O)C(C)(C2=CCCCC2)C1=O.CN1C(=O)NC(=N)C(C)(C2=CCCCC2)C1=O.CN1C(=O)NC(=N)C(C)(C2=CCCCC2)C1=O.O=C(CBr)c1ccccc1.O=C1CCCCC1. The normalized spacial score (nSPS) is 21.1. The molecule has 119 heavy (non-hydrogen) atoms. The van der Waals surface area contributed by atoms with E-state index in [0.29, 0.717) is 49.3 Å². The average molecular weight is 1710 g/mol. The van der Waals surface area contributed by atoms with Gasteiger partial charge in [0.15, 0.2) is 17.0 Å². The highest BCUT2D eigenvalue weighted by atomic mass is 79.9. The molecule has 4 atom stereocenters. The van der Waals surface area contributed by atoms with Crippen molar-refractivity contribution in [1.82, 2.24) is 30.2 Å². The number of ether oxygens (including phenoxy) is 3. The smallest absolute Gasteiger partial charge is 0.348 e. The number of allylic oxidation sites excluding steroid dienone is 5. The number of benzene rings is 2. The quantitative estimate of drug-likeness (QED) is 0.0152. The number of esters is 3. The van der Waals surface area contributed by atoms with Gasteiger partial charge in [0.1, 0.15) is 51.8 Å². The molecule has 30 heteroatoms. The zero-order valence-electron chi connectivity index (χ0n) is 70.9. The molecule has 0 radical (unpaired) electrons. The van der Waals surface area contributed by atoms with E-state index < -0.39 is 69.5 Å². The Morgan fingerprint density at radius 1 is 0.521 bits per heavy atom. The number of hydrogen-bond donors (Lipinski definition) is 5. The predicted molar refractivity (Wildman–Crippen MR) is 451 cm³/mol. The number of amides is 11. The van der Waals surface area contributed by atoms with Crippen LogP contribution in [0.2, 0.25) is 0 Å². The van der Waals surface area contributed by atoms with E-state index in [0.717, 1.165) is 201 Å². The average Bonchev–Trinajstić information content (AvgIpc) is 0.755. The van der Waals surface area contributed by atoms with Gasteiger partial charge in [0.25, 0.3) is 5.91 Å². The third-order valence-corrected chi connectivity index (χ3v) is 21.9. The van der Waals surface area contributed by atoms with Crippen LogP contribution in [0.3, 0.4) is 0 Å². The Kier molecular flexibility index (Phi) is 44.5. The summed E-state index contributed by atoms with van der Waals surface area (Å²) < 4.78 is 14.2. The fourth-order valence-corrected chi connectivity index (χ4v) is 14.3. The van der Waals surface area contributed by atoms with Crippen molar-refractivity contribution in [2.75, 3.05) is 52.8 Å². The van der Waals surface area contributed by atoms with Crippen molar-refractivity contribution in [3.63, 3.8) is 0 Å². The number of nitriles is 3. The van der Waals surface area contributed by atoms with Crippen molar-refractivity contribution in [3.05, 3.63) is 130 Å². The van der Waals surface area contributed by atoms with Crippen LogP contribution in [0.5, 0.6) is 0 Å². The van der Waals surface area contributed by atoms with Gasteiger partial charge in [-0.3, -0.25) is 84.2 Å². The summed E-state index contributed by atoms with van der Waals surface area (Å²) in [5.41, 5.74) is 6.21. The van der Waals surface area contributed by atoms with E-state index in [2.05, 4.69) is 43.1 Å². The highest BCUT2D eigenvalue weighted by Gasteiger charge is 2.56. The van der Waals surface area contributed by atoms with E-state index >= 15 is 0 Å². The van der Waals surface area contributed by atoms with Gasteiger partial charge in [-0.05, 0) is 206 Å². The Labute approximate surface area is 708 Å². The standard InChI is InChI=1S/C20H22N2O4.2C12H17N3O2.C12H17NO2.C11H15NO2.C8H7BrO.C6H10O.C5H7NO2.C3H7NO/c1-20(15-11-7-4-8-12-15)17(24)21(2)19(26)22(18(20)25)13-16(23)14-9-5-3-6-10-14;2*1-12(8-6-4-3-5-7-8)9(13)14-11(17)15(2)10(12)16;1-3-15-11(14)12(2,9-13)10-7-5-4-6-8-10;1-2-14-11(13)10(8-12)9-6-4-3-5-7-9;9-6-8(10)7-4-2-1-3-5-7;7-6-4-2-1-3-5-6;1-2-8-5(7)3-4-6;1-2-3(4)5/h3,5-6,9-11H,4,7-8,12-13H2,1-2H3;2*6H,3-5,7H2,1-2H3,(H2,13,14,17);7H,3-6,8H2,1-2H3;2-7H2,1H3;1-5H,6H2;1-5H2;2-3H2,1H3;2H2,1H3,(H2,4,5). The number of imide groups is 4. The number of nitrogens with two attached hydrogens (primary N) is 1. The number of alkyl halides is 1. The monoisotopic (exact) mass is 1710 g/mol. The number of barbiturate groups is 1. The molecule has 2 aromatic rings. The van der Waals surface area contributed by atoms with Gasteiger partial charge in [-0.1, -0.05) is 132 Å². The van der Waals surface area contributed by atoms with Crippen LogP contribution >= 0.6 is 15.9 Å². The molecule has 5 fully saturated rings. The predicted octanol–water partition coefficient (Wildman–Crippen LogP) is 15.1. The highest BCUT2D eigenvalue weighted by molar-refractivity contribution is 9.09. The molecule has 4 unspecified atom stereocenters. The van der Waals surface area contributed by atoms with Crippen LogP contribution in [-0.4, -0.2) is 167 Å². The Morgan fingerprint density at radius 3 is 1.27 bits per heavy atom. The molecule has 2 saturated carbocycles. The van der Waals surface area contributed by atoms with Crippen molar-refractivity contribution in [2.24, 2.45) is 27.4 Å². The second-order valence-corrected chi connectivity index (χ2v) is 30.3. The van der Waals surface area contributed by atoms with Crippen molar-refractivity contribution >= 4 is 110 Å². The first-order chi connectivity index (χ1) is 56.6. The fourth-order valence-electron chi connectivity index (χ4n) is 13.9. The second-order valence-electron chi connectivity index (χ2n) is 29.8.